The molecule has 1 aromatic rings. The number of anilines is 1. The van der Waals surface area contributed by atoms with Gasteiger partial charge < -0.3 is 10.2 Å². The van der Waals surface area contributed by atoms with E-state index in [1.54, 1.807) is 12.1 Å². The number of aryl methyl sites for hydroxylation is 1. The lowest BCUT2D eigenvalue weighted by Crippen LogP contribution is -2.33. The van der Waals surface area contributed by atoms with Gasteiger partial charge in [-0.2, -0.15) is 0 Å². The number of benzene rings is 1. The number of nitrogens with one attached hydrogen (secondary N) is 1. The molecule has 0 unspecified atom stereocenters. The number of carbonyl (C=O) groups is 1. The molecule has 1 saturated heterocycles. The highest BCUT2D eigenvalue weighted by atomic mass is 32.2. The van der Waals surface area contributed by atoms with Crippen molar-refractivity contribution in [2.24, 2.45) is 5.92 Å². The Kier molecular flexibility index (Phi) is 8.10. The highest BCUT2D eigenvalue weighted by Gasteiger charge is 2.18. The third-order valence-corrected chi connectivity index (χ3v) is 6.39. The summed E-state index contributed by atoms with van der Waals surface area (Å²) in [6.07, 6.45) is 5.47. The maximum absolute atomic E-state index is 12.1. The molecule has 0 bridgehead atoms. The number of hydrogen-bond acceptors (Lipinski definition) is 4. The average Bonchev–Trinajstić information content (AvgIpc) is 2.60. The summed E-state index contributed by atoms with van der Waals surface area (Å²) in [6, 6.07) is 7.39. The first kappa shape index (κ1) is 21.7. The quantitative estimate of drug-likeness (QED) is 0.697. The second-order valence-electron chi connectivity index (χ2n) is 7.66. The maximum Gasteiger partial charge on any atom is 0.232 e. The van der Waals surface area contributed by atoms with Crippen molar-refractivity contribution in [2.45, 2.75) is 39.0 Å². The minimum Gasteiger partial charge on any atom is -0.356 e. The fourth-order valence-corrected chi connectivity index (χ4v) is 4.40. The number of sulfonamides is 1. The van der Waals surface area contributed by atoms with Crippen LogP contribution in [-0.4, -0.2) is 58.7 Å². The fraction of sp³-hybridized carbons (Fsp3) is 0.650. The normalized spacial score (nSPS) is 16.3. The fourth-order valence-electron chi connectivity index (χ4n) is 3.44. The van der Waals surface area contributed by atoms with Gasteiger partial charge in [0.15, 0.2) is 0 Å². The van der Waals surface area contributed by atoms with Crippen LogP contribution in [-0.2, 0) is 14.8 Å². The van der Waals surface area contributed by atoms with Crippen molar-refractivity contribution in [3.63, 3.8) is 0 Å². The van der Waals surface area contributed by atoms with Crippen LogP contribution < -0.4 is 9.62 Å². The van der Waals surface area contributed by atoms with Crippen LogP contribution in [0, 0.1) is 12.8 Å². The first-order chi connectivity index (χ1) is 12.8. The topological polar surface area (TPSA) is 69.7 Å². The Morgan fingerprint density at radius 2 is 1.85 bits per heavy atom. The molecule has 0 aliphatic carbocycles. The Morgan fingerprint density at radius 1 is 1.22 bits per heavy atom. The third kappa shape index (κ3) is 7.50. The summed E-state index contributed by atoms with van der Waals surface area (Å²) in [6.45, 7) is 5.26. The van der Waals surface area contributed by atoms with Crippen molar-refractivity contribution in [3.8, 4) is 0 Å². The molecule has 6 nitrogen and oxygen atoms in total. The van der Waals surface area contributed by atoms with E-state index in [2.05, 4.69) is 17.3 Å². The Balaban J connectivity index is 1.72. The van der Waals surface area contributed by atoms with Crippen LogP contribution >= 0.6 is 0 Å². The van der Waals surface area contributed by atoms with Gasteiger partial charge in [-0.05, 0) is 70.8 Å². The SMILES string of the molecule is Cc1ccc(N(CCCC(=O)NCCC2CCN(C)CC2)S(C)(=O)=O)cc1. The van der Waals surface area contributed by atoms with Crippen LogP contribution in [0.15, 0.2) is 24.3 Å². The highest BCUT2D eigenvalue weighted by Crippen LogP contribution is 2.20. The molecule has 1 aliphatic heterocycles. The van der Waals surface area contributed by atoms with Crippen molar-refractivity contribution >= 4 is 21.6 Å². The Bertz CT molecular complexity index is 696. The van der Waals surface area contributed by atoms with Crippen LogP contribution in [0.1, 0.15) is 37.7 Å². The van der Waals surface area contributed by atoms with Gasteiger partial charge in [-0.15, -0.1) is 0 Å². The zero-order valence-corrected chi connectivity index (χ0v) is 17.6. The molecule has 1 fully saturated rings. The average molecular weight is 396 g/mol. The van der Waals surface area contributed by atoms with Crippen LogP contribution in [0.5, 0.6) is 0 Å². The van der Waals surface area contributed by atoms with Crippen molar-refractivity contribution in [1.29, 1.82) is 0 Å². The number of piperidine rings is 1. The Hall–Kier alpha value is -1.60. The van der Waals surface area contributed by atoms with Crippen LogP contribution in [0.4, 0.5) is 5.69 Å². The molecule has 0 spiro atoms. The van der Waals surface area contributed by atoms with E-state index in [9.17, 15) is 13.2 Å². The minimum atomic E-state index is -3.37. The van der Waals surface area contributed by atoms with Crippen LogP contribution in [0.2, 0.25) is 0 Å². The molecule has 0 aromatic heterocycles. The summed E-state index contributed by atoms with van der Waals surface area (Å²) >= 11 is 0. The van der Waals surface area contributed by atoms with E-state index in [0.717, 1.165) is 25.1 Å². The lowest BCUT2D eigenvalue weighted by atomic mass is 9.94. The number of nitrogens with zero attached hydrogens (tertiary/aromatic N) is 2. The zero-order valence-electron chi connectivity index (χ0n) is 16.8. The number of hydrogen-bond donors (Lipinski definition) is 1. The summed E-state index contributed by atoms with van der Waals surface area (Å²) in [7, 11) is -1.22. The molecule has 1 amide bonds. The monoisotopic (exact) mass is 395 g/mol. The summed E-state index contributed by atoms with van der Waals surface area (Å²) in [5.74, 6) is 0.698. The van der Waals surface area contributed by atoms with E-state index < -0.39 is 10.0 Å². The van der Waals surface area contributed by atoms with E-state index in [0.29, 0.717) is 37.5 Å². The summed E-state index contributed by atoms with van der Waals surface area (Å²) < 4.78 is 25.5. The van der Waals surface area contributed by atoms with Gasteiger partial charge in [-0.1, -0.05) is 17.7 Å². The molecule has 2 rings (SSSR count). The molecule has 1 aromatic carbocycles. The molecular formula is C20H33N3O3S. The predicted molar refractivity (Wildman–Crippen MR) is 110 cm³/mol. The zero-order chi connectivity index (χ0) is 19.9. The van der Waals surface area contributed by atoms with Gasteiger partial charge in [0, 0.05) is 19.5 Å². The van der Waals surface area contributed by atoms with Gasteiger partial charge >= 0.3 is 0 Å². The van der Waals surface area contributed by atoms with Crippen molar-refractivity contribution in [1.82, 2.24) is 10.2 Å². The molecule has 1 heterocycles. The summed E-state index contributed by atoms with van der Waals surface area (Å²) in [5.41, 5.74) is 1.72. The second-order valence-corrected chi connectivity index (χ2v) is 9.57. The first-order valence-electron chi connectivity index (χ1n) is 9.75. The molecule has 0 atom stereocenters. The first-order valence-corrected chi connectivity index (χ1v) is 11.6. The number of rotatable bonds is 9. The van der Waals surface area contributed by atoms with Crippen molar-refractivity contribution in [3.05, 3.63) is 29.8 Å². The van der Waals surface area contributed by atoms with E-state index in [1.165, 1.54) is 23.4 Å². The van der Waals surface area contributed by atoms with E-state index in [1.807, 2.05) is 19.1 Å². The summed E-state index contributed by atoms with van der Waals surface area (Å²) in [4.78, 5) is 14.4. The van der Waals surface area contributed by atoms with Crippen LogP contribution in [0.25, 0.3) is 0 Å². The van der Waals surface area contributed by atoms with E-state index >= 15 is 0 Å². The molecule has 1 N–H and O–H groups in total. The molecular weight excluding hydrogens is 362 g/mol. The number of carbonyl (C=O) groups excluding carboxylic acids is 1. The smallest absolute Gasteiger partial charge is 0.232 e. The molecule has 0 radical (unpaired) electrons. The summed E-state index contributed by atoms with van der Waals surface area (Å²) in [5, 5.41) is 2.98. The van der Waals surface area contributed by atoms with Gasteiger partial charge in [0.25, 0.3) is 0 Å². The standard InChI is InChI=1S/C20H33N3O3S/c1-17-6-8-19(9-7-17)23(27(3,25)26)14-4-5-20(24)21-13-10-18-11-15-22(2)16-12-18/h6-9,18H,4-5,10-16H2,1-3H3,(H,21,24). The molecule has 0 saturated carbocycles. The van der Waals surface area contributed by atoms with Gasteiger partial charge in [-0.25, -0.2) is 8.42 Å². The van der Waals surface area contributed by atoms with Gasteiger partial charge in [0.2, 0.25) is 15.9 Å². The lowest BCUT2D eigenvalue weighted by Gasteiger charge is -2.28. The highest BCUT2D eigenvalue weighted by molar-refractivity contribution is 7.92. The third-order valence-electron chi connectivity index (χ3n) is 5.20. The lowest BCUT2D eigenvalue weighted by molar-refractivity contribution is -0.121. The molecule has 7 heteroatoms. The van der Waals surface area contributed by atoms with Gasteiger partial charge in [0.1, 0.15) is 0 Å². The van der Waals surface area contributed by atoms with Gasteiger partial charge in [-0.3, -0.25) is 9.10 Å². The predicted octanol–water partition coefficient (Wildman–Crippen LogP) is 2.39. The van der Waals surface area contributed by atoms with Crippen LogP contribution in [0.3, 0.4) is 0 Å². The molecule has 27 heavy (non-hydrogen) atoms. The Morgan fingerprint density at radius 3 is 2.44 bits per heavy atom. The number of amides is 1. The number of likely N-dealkylation sites (tertiary alicyclic amines) is 1. The second kappa shape index (κ2) is 10.1. The Labute approximate surface area is 164 Å². The minimum absolute atomic E-state index is 0.000264. The molecule has 152 valence electrons. The molecule has 1 aliphatic rings. The van der Waals surface area contributed by atoms with Gasteiger partial charge in [0.05, 0.1) is 11.9 Å². The van der Waals surface area contributed by atoms with Crippen molar-refractivity contribution < 1.29 is 13.2 Å². The van der Waals surface area contributed by atoms with E-state index in [-0.39, 0.29) is 5.91 Å². The van der Waals surface area contributed by atoms with Crippen molar-refractivity contribution in [2.75, 3.05) is 43.8 Å². The van der Waals surface area contributed by atoms with E-state index in [4.69, 9.17) is 0 Å². The largest absolute Gasteiger partial charge is 0.356 e. The maximum atomic E-state index is 12.1.